The largest absolute Gasteiger partial charge is 0.398 e. The van der Waals surface area contributed by atoms with Crippen molar-refractivity contribution in [1.82, 2.24) is 4.31 Å². The second-order valence-electron chi connectivity index (χ2n) is 4.13. The van der Waals surface area contributed by atoms with E-state index in [1.54, 1.807) is 19.1 Å². The Balaban J connectivity index is 2.46. The summed E-state index contributed by atoms with van der Waals surface area (Å²) in [6, 6.07) is 3.30. The summed E-state index contributed by atoms with van der Waals surface area (Å²) < 4.78 is 32.3. The number of nitrogens with two attached hydrogens (primary N) is 1. The summed E-state index contributed by atoms with van der Waals surface area (Å²) in [7, 11) is -3.49. The number of anilines is 1. The number of nitrogens with zero attached hydrogens (tertiary/aromatic N) is 1. The third-order valence-corrected chi connectivity index (χ3v) is 5.44. The summed E-state index contributed by atoms with van der Waals surface area (Å²) in [5, 5.41) is 0. The average Bonchev–Trinajstić information content (AvgIpc) is 2.34. The number of rotatable bonds is 2. The standard InChI is InChI=1S/C11H15BrN2O3S/c1-8-10(13)6-9(12)7-11(8)18(15,16)14-2-4-17-5-3-14/h6-7H,2-5,13H2,1H3. The van der Waals surface area contributed by atoms with E-state index in [4.69, 9.17) is 10.5 Å². The van der Waals surface area contributed by atoms with Crippen LogP contribution in [-0.2, 0) is 14.8 Å². The van der Waals surface area contributed by atoms with E-state index >= 15 is 0 Å². The maximum atomic E-state index is 12.5. The molecule has 0 aliphatic carbocycles. The molecule has 0 saturated carbocycles. The van der Waals surface area contributed by atoms with Gasteiger partial charge in [-0.15, -0.1) is 0 Å². The molecule has 0 amide bonds. The van der Waals surface area contributed by atoms with Crippen LogP contribution in [0.15, 0.2) is 21.5 Å². The molecule has 0 aromatic heterocycles. The molecule has 0 spiro atoms. The highest BCUT2D eigenvalue weighted by Gasteiger charge is 2.28. The lowest BCUT2D eigenvalue weighted by molar-refractivity contribution is 0.0730. The molecule has 2 rings (SSSR count). The van der Waals surface area contributed by atoms with Gasteiger partial charge in [-0.3, -0.25) is 0 Å². The van der Waals surface area contributed by atoms with Gasteiger partial charge in [-0.1, -0.05) is 15.9 Å². The van der Waals surface area contributed by atoms with Crippen molar-refractivity contribution in [3.63, 3.8) is 0 Å². The van der Waals surface area contributed by atoms with Gasteiger partial charge in [0.15, 0.2) is 0 Å². The predicted octanol–water partition coefficient (Wildman–Crippen LogP) is 1.36. The van der Waals surface area contributed by atoms with Gasteiger partial charge in [0.2, 0.25) is 10.0 Å². The van der Waals surface area contributed by atoms with Gasteiger partial charge in [0, 0.05) is 23.2 Å². The molecule has 5 nitrogen and oxygen atoms in total. The molecular formula is C11H15BrN2O3S. The van der Waals surface area contributed by atoms with Crippen molar-refractivity contribution in [1.29, 1.82) is 0 Å². The molecule has 1 aliphatic rings. The van der Waals surface area contributed by atoms with Crippen LogP contribution in [0.5, 0.6) is 0 Å². The molecule has 1 aromatic rings. The fourth-order valence-electron chi connectivity index (χ4n) is 1.87. The fraction of sp³-hybridized carbons (Fsp3) is 0.455. The van der Waals surface area contributed by atoms with Gasteiger partial charge in [-0.2, -0.15) is 4.31 Å². The van der Waals surface area contributed by atoms with Gasteiger partial charge in [-0.05, 0) is 24.6 Å². The molecule has 18 heavy (non-hydrogen) atoms. The van der Waals surface area contributed by atoms with Crippen molar-refractivity contribution in [2.45, 2.75) is 11.8 Å². The molecule has 1 aliphatic heterocycles. The molecule has 0 bridgehead atoms. The second kappa shape index (κ2) is 5.16. The highest BCUT2D eigenvalue weighted by Crippen LogP contribution is 2.28. The lowest BCUT2D eigenvalue weighted by atomic mass is 10.2. The number of ether oxygens (including phenoxy) is 1. The third kappa shape index (κ3) is 2.54. The van der Waals surface area contributed by atoms with Crippen LogP contribution in [0.25, 0.3) is 0 Å². The lowest BCUT2D eigenvalue weighted by Gasteiger charge is -2.27. The van der Waals surface area contributed by atoms with Gasteiger partial charge < -0.3 is 10.5 Å². The number of hydrogen-bond donors (Lipinski definition) is 1. The van der Waals surface area contributed by atoms with Crippen LogP contribution >= 0.6 is 15.9 Å². The van der Waals surface area contributed by atoms with Crippen molar-refractivity contribution >= 4 is 31.6 Å². The Morgan fingerprint density at radius 2 is 1.94 bits per heavy atom. The van der Waals surface area contributed by atoms with E-state index in [9.17, 15) is 8.42 Å². The quantitative estimate of drug-likeness (QED) is 0.829. The van der Waals surface area contributed by atoms with Crippen LogP contribution in [0.1, 0.15) is 5.56 Å². The normalized spacial score (nSPS) is 17.9. The first kappa shape index (κ1) is 13.8. The van der Waals surface area contributed by atoms with Crippen LogP contribution in [0.2, 0.25) is 0 Å². The van der Waals surface area contributed by atoms with Crippen LogP contribution in [0.4, 0.5) is 5.69 Å². The van der Waals surface area contributed by atoms with Crippen molar-refractivity contribution in [2.24, 2.45) is 0 Å². The molecule has 100 valence electrons. The average molecular weight is 335 g/mol. The van der Waals surface area contributed by atoms with Gasteiger partial charge >= 0.3 is 0 Å². The Morgan fingerprint density at radius 1 is 1.33 bits per heavy atom. The molecule has 1 saturated heterocycles. The predicted molar refractivity (Wildman–Crippen MR) is 72.9 cm³/mol. The zero-order valence-corrected chi connectivity index (χ0v) is 12.4. The topological polar surface area (TPSA) is 72.6 Å². The molecule has 7 heteroatoms. The summed E-state index contributed by atoms with van der Waals surface area (Å²) in [6.45, 7) is 3.35. The molecule has 1 fully saturated rings. The number of hydrogen-bond acceptors (Lipinski definition) is 4. The van der Waals surface area contributed by atoms with Gasteiger partial charge in [0.1, 0.15) is 0 Å². The van der Waals surface area contributed by atoms with Crippen LogP contribution in [0.3, 0.4) is 0 Å². The summed E-state index contributed by atoms with van der Waals surface area (Å²) in [5.74, 6) is 0. The van der Waals surface area contributed by atoms with Crippen molar-refractivity contribution in [3.05, 3.63) is 22.2 Å². The Labute approximate surface area is 115 Å². The van der Waals surface area contributed by atoms with Gasteiger partial charge in [0.05, 0.1) is 18.1 Å². The van der Waals surface area contributed by atoms with E-state index in [2.05, 4.69) is 15.9 Å². The molecule has 0 radical (unpaired) electrons. The van der Waals surface area contributed by atoms with Crippen LogP contribution in [-0.4, -0.2) is 39.0 Å². The zero-order chi connectivity index (χ0) is 13.3. The first-order valence-corrected chi connectivity index (χ1v) is 7.80. The summed E-state index contributed by atoms with van der Waals surface area (Å²) in [6.07, 6.45) is 0. The van der Waals surface area contributed by atoms with E-state index < -0.39 is 10.0 Å². The highest BCUT2D eigenvalue weighted by molar-refractivity contribution is 9.10. The zero-order valence-electron chi connectivity index (χ0n) is 10.0. The van der Waals surface area contributed by atoms with Crippen molar-refractivity contribution in [3.8, 4) is 0 Å². The highest BCUT2D eigenvalue weighted by atomic mass is 79.9. The minimum atomic E-state index is -3.49. The van der Waals surface area contributed by atoms with Crippen LogP contribution in [0, 0.1) is 6.92 Å². The summed E-state index contributed by atoms with van der Waals surface area (Å²) in [5.41, 5.74) is 6.87. The Bertz CT molecular complexity index is 554. The SMILES string of the molecule is Cc1c(N)cc(Br)cc1S(=O)(=O)N1CCOCC1. The monoisotopic (exact) mass is 334 g/mol. The van der Waals surface area contributed by atoms with Crippen LogP contribution < -0.4 is 5.73 Å². The van der Waals surface area contributed by atoms with E-state index in [-0.39, 0.29) is 4.90 Å². The molecular weight excluding hydrogens is 320 g/mol. The maximum absolute atomic E-state index is 12.5. The fourth-order valence-corrected chi connectivity index (χ4v) is 4.18. The smallest absolute Gasteiger partial charge is 0.243 e. The molecule has 1 heterocycles. The van der Waals surface area contributed by atoms with E-state index in [0.717, 1.165) is 0 Å². The summed E-state index contributed by atoms with van der Waals surface area (Å²) in [4.78, 5) is 0.260. The van der Waals surface area contributed by atoms with Crippen molar-refractivity contribution in [2.75, 3.05) is 32.0 Å². The minimum Gasteiger partial charge on any atom is -0.398 e. The molecule has 0 atom stereocenters. The first-order valence-electron chi connectivity index (χ1n) is 5.56. The van der Waals surface area contributed by atoms with Gasteiger partial charge in [0.25, 0.3) is 0 Å². The number of benzene rings is 1. The molecule has 1 aromatic carbocycles. The van der Waals surface area contributed by atoms with E-state index in [0.29, 0.717) is 42.0 Å². The summed E-state index contributed by atoms with van der Waals surface area (Å²) >= 11 is 3.28. The molecule has 0 unspecified atom stereocenters. The van der Waals surface area contributed by atoms with Crippen molar-refractivity contribution < 1.29 is 13.2 Å². The lowest BCUT2D eigenvalue weighted by Crippen LogP contribution is -2.40. The number of halogens is 1. The Hall–Kier alpha value is -0.630. The maximum Gasteiger partial charge on any atom is 0.243 e. The van der Waals surface area contributed by atoms with E-state index in [1.165, 1.54) is 4.31 Å². The second-order valence-corrected chi connectivity index (χ2v) is 6.96. The first-order chi connectivity index (χ1) is 8.43. The molecule has 2 N–H and O–H groups in total. The van der Waals surface area contributed by atoms with Gasteiger partial charge in [-0.25, -0.2) is 8.42 Å². The number of sulfonamides is 1. The Kier molecular flexibility index (Phi) is 3.96. The number of nitrogen functional groups attached to an aromatic ring is 1. The minimum absolute atomic E-state index is 0.260. The number of morpholine rings is 1. The Morgan fingerprint density at radius 3 is 2.56 bits per heavy atom. The third-order valence-electron chi connectivity index (χ3n) is 2.95. The van der Waals surface area contributed by atoms with E-state index in [1.807, 2.05) is 0 Å².